The molecule has 1 aliphatic heterocycles. The summed E-state index contributed by atoms with van der Waals surface area (Å²) in [6, 6.07) is 4.70. The van der Waals surface area contributed by atoms with Gasteiger partial charge < -0.3 is 19.5 Å². The number of rotatable bonds is 4. The number of fused-ring (bicyclic) bond motifs is 1. The molecule has 0 spiro atoms. The molecule has 1 fully saturated rings. The van der Waals surface area contributed by atoms with Crippen molar-refractivity contribution in [3.63, 3.8) is 0 Å². The molecule has 1 aliphatic carbocycles. The maximum absolute atomic E-state index is 5.40. The Morgan fingerprint density at radius 3 is 2.94 bits per heavy atom. The van der Waals surface area contributed by atoms with Crippen molar-refractivity contribution in [2.24, 2.45) is 5.92 Å². The van der Waals surface area contributed by atoms with E-state index in [1.165, 1.54) is 12.0 Å². The summed E-state index contributed by atoms with van der Waals surface area (Å²) in [5.41, 5.74) is 1.17. The number of nitrogens with one attached hydrogen (secondary N) is 1. The lowest BCUT2D eigenvalue weighted by Gasteiger charge is -2.09. The molecule has 0 radical (unpaired) electrons. The van der Waals surface area contributed by atoms with E-state index in [9.17, 15) is 0 Å². The SMILES string of the molecule is COc1cc(CNC2CC2C)cc2c1OCO2. The average Bonchev–Trinajstić information content (AvgIpc) is 2.85. The minimum Gasteiger partial charge on any atom is -0.493 e. The molecule has 0 amide bonds. The molecule has 2 unspecified atom stereocenters. The summed E-state index contributed by atoms with van der Waals surface area (Å²) < 4.78 is 16.1. The van der Waals surface area contributed by atoms with E-state index in [0.717, 1.165) is 29.7 Å². The highest BCUT2D eigenvalue weighted by molar-refractivity contribution is 5.55. The molecule has 1 N–H and O–H groups in total. The predicted octanol–water partition coefficient (Wildman–Crippen LogP) is 1.92. The fourth-order valence-electron chi connectivity index (χ4n) is 2.14. The molecule has 3 rings (SSSR count). The number of ether oxygens (including phenoxy) is 3. The minimum absolute atomic E-state index is 0.280. The smallest absolute Gasteiger partial charge is 0.231 e. The van der Waals surface area contributed by atoms with Crippen molar-refractivity contribution in [1.82, 2.24) is 5.32 Å². The van der Waals surface area contributed by atoms with Gasteiger partial charge in [-0.25, -0.2) is 0 Å². The first-order chi connectivity index (χ1) is 8.28. The van der Waals surface area contributed by atoms with Gasteiger partial charge in [-0.2, -0.15) is 0 Å². The van der Waals surface area contributed by atoms with E-state index in [1.807, 2.05) is 12.1 Å². The zero-order valence-corrected chi connectivity index (χ0v) is 10.2. The number of hydrogen-bond donors (Lipinski definition) is 1. The van der Waals surface area contributed by atoms with Crippen LogP contribution in [0.3, 0.4) is 0 Å². The van der Waals surface area contributed by atoms with Crippen LogP contribution in [-0.4, -0.2) is 19.9 Å². The molecule has 1 aromatic rings. The van der Waals surface area contributed by atoms with Crippen LogP contribution in [0.1, 0.15) is 18.9 Å². The van der Waals surface area contributed by atoms with Crippen molar-refractivity contribution in [1.29, 1.82) is 0 Å². The van der Waals surface area contributed by atoms with Gasteiger partial charge in [-0.05, 0) is 30.0 Å². The van der Waals surface area contributed by atoms with Gasteiger partial charge in [-0.3, -0.25) is 0 Å². The van der Waals surface area contributed by atoms with E-state index in [4.69, 9.17) is 14.2 Å². The lowest BCUT2D eigenvalue weighted by molar-refractivity contribution is 0.171. The second-order valence-electron chi connectivity index (χ2n) is 4.73. The summed E-state index contributed by atoms with van der Waals surface area (Å²) in [6.07, 6.45) is 1.28. The fraction of sp³-hybridized carbons (Fsp3) is 0.538. The molecule has 17 heavy (non-hydrogen) atoms. The summed E-state index contributed by atoms with van der Waals surface area (Å²) in [7, 11) is 1.65. The molecule has 4 nitrogen and oxygen atoms in total. The van der Waals surface area contributed by atoms with Crippen LogP contribution in [0.5, 0.6) is 17.2 Å². The van der Waals surface area contributed by atoms with Gasteiger partial charge in [0.2, 0.25) is 12.5 Å². The van der Waals surface area contributed by atoms with Crippen molar-refractivity contribution in [3.8, 4) is 17.2 Å². The molecule has 0 saturated heterocycles. The molecule has 4 heteroatoms. The van der Waals surface area contributed by atoms with Crippen molar-refractivity contribution in [3.05, 3.63) is 17.7 Å². The van der Waals surface area contributed by atoms with Gasteiger partial charge in [-0.1, -0.05) is 6.92 Å². The van der Waals surface area contributed by atoms with Crippen molar-refractivity contribution in [2.45, 2.75) is 25.9 Å². The number of benzene rings is 1. The largest absolute Gasteiger partial charge is 0.493 e. The van der Waals surface area contributed by atoms with E-state index in [1.54, 1.807) is 7.11 Å². The Labute approximate surface area is 101 Å². The van der Waals surface area contributed by atoms with E-state index < -0.39 is 0 Å². The molecule has 92 valence electrons. The first-order valence-electron chi connectivity index (χ1n) is 5.98. The van der Waals surface area contributed by atoms with Gasteiger partial charge in [0.1, 0.15) is 0 Å². The molecule has 2 atom stereocenters. The van der Waals surface area contributed by atoms with Crippen LogP contribution in [0, 0.1) is 5.92 Å². The Kier molecular flexibility index (Phi) is 2.59. The summed E-state index contributed by atoms with van der Waals surface area (Å²) in [5.74, 6) is 3.06. The van der Waals surface area contributed by atoms with Crippen LogP contribution in [0.25, 0.3) is 0 Å². The second kappa shape index (κ2) is 4.11. The average molecular weight is 235 g/mol. The molecule has 2 aliphatic rings. The van der Waals surface area contributed by atoms with Crippen LogP contribution in [0.4, 0.5) is 0 Å². The number of methoxy groups -OCH3 is 1. The normalized spacial score (nSPS) is 24.8. The standard InChI is InChI=1S/C13H17NO3/c1-8-3-10(8)14-6-9-4-11(15-2)13-12(5-9)16-7-17-13/h4-5,8,10,14H,3,6-7H2,1-2H3. The van der Waals surface area contributed by atoms with Gasteiger partial charge in [0, 0.05) is 12.6 Å². The highest BCUT2D eigenvalue weighted by Crippen LogP contribution is 2.42. The van der Waals surface area contributed by atoms with Crippen LogP contribution < -0.4 is 19.5 Å². The molecule has 1 saturated carbocycles. The zero-order valence-electron chi connectivity index (χ0n) is 10.2. The third kappa shape index (κ3) is 2.05. The minimum atomic E-state index is 0.280. The lowest BCUT2D eigenvalue weighted by atomic mass is 10.2. The highest BCUT2D eigenvalue weighted by atomic mass is 16.7. The van der Waals surface area contributed by atoms with Crippen LogP contribution >= 0.6 is 0 Å². The Morgan fingerprint density at radius 1 is 1.41 bits per heavy atom. The van der Waals surface area contributed by atoms with E-state index in [-0.39, 0.29) is 6.79 Å². The first-order valence-corrected chi connectivity index (χ1v) is 5.98. The van der Waals surface area contributed by atoms with Gasteiger partial charge >= 0.3 is 0 Å². The van der Waals surface area contributed by atoms with E-state index >= 15 is 0 Å². The summed E-state index contributed by atoms with van der Waals surface area (Å²) in [4.78, 5) is 0. The Balaban J connectivity index is 1.75. The summed E-state index contributed by atoms with van der Waals surface area (Å²) >= 11 is 0. The first kappa shape index (κ1) is 10.7. The van der Waals surface area contributed by atoms with Crippen molar-refractivity contribution in [2.75, 3.05) is 13.9 Å². The second-order valence-corrected chi connectivity index (χ2v) is 4.73. The van der Waals surface area contributed by atoms with Gasteiger partial charge in [0.05, 0.1) is 7.11 Å². The summed E-state index contributed by atoms with van der Waals surface area (Å²) in [6.45, 7) is 3.39. The topological polar surface area (TPSA) is 39.7 Å². The van der Waals surface area contributed by atoms with E-state index in [2.05, 4.69) is 12.2 Å². The molecule has 0 aromatic heterocycles. The maximum atomic E-state index is 5.40. The predicted molar refractivity (Wildman–Crippen MR) is 63.5 cm³/mol. The molecule has 1 aromatic carbocycles. The van der Waals surface area contributed by atoms with Gasteiger partial charge in [0.25, 0.3) is 0 Å². The van der Waals surface area contributed by atoms with Crippen LogP contribution in [-0.2, 0) is 6.54 Å². The Hall–Kier alpha value is -1.42. The zero-order chi connectivity index (χ0) is 11.8. The monoisotopic (exact) mass is 235 g/mol. The quantitative estimate of drug-likeness (QED) is 0.865. The third-order valence-electron chi connectivity index (χ3n) is 3.40. The highest BCUT2D eigenvalue weighted by Gasteiger charge is 2.31. The van der Waals surface area contributed by atoms with Gasteiger partial charge in [-0.15, -0.1) is 0 Å². The molecule has 0 bridgehead atoms. The van der Waals surface area contributed by atoms with Crippen molar-refractivity contribution < 1.29 is 14.2 Å². The van der Waals surface area contributed by atoms with Gasteiger partial charge in [0.15, 0.2) is 11.5 Å². The lowest BCUT2D eigenvalue weighted by Crippen LogP contribution is -2.17. The fourth-order valence-corrected chi connectivity index (χ4v) is 2.14. The molecule has 1 heterocycles. The third-order valence-corrected chi connectivity index (χ3v) is 3.40. The molecular formula is C13H17NO3. The number of hydrogen-bond acceptors (Lipinski definition) is 4. The summed E-state index contributed by atoms with van der Waals surface area (Å²) in [5, 5.41) is 3.51. The van der Waals surface area contributed by atoms with Crippen molar-refractivity contribution >= 4 is 0 Å². The Bertz CT molecular complexity index is 433. The van der Waals surface area contributed by atoms with E-state index in [0.29, 0.717) is 6.04 Å². The Morgan fingerprint density at radius 2 is 2.24 bits per heavy atom. The van der Waals surface area contributed by atoms with Crippen LogP contribution in [0.15, 0.2) is 12.1 Å². The maximum Gasteiger partial charge on any atom is 0.231 e. The van der Waals surface area contributed by atoms with Crippen LogP contribution in [0.2, 0.25) is 0 Å². The molecular weight excluding hydrogens is 218 g/mol.